The smallest absolute Gasteiger partial charge is 0.295 e. The number of nitrogens with zero attached hydrogens (tertiary/aromatic N) is 4. The number of halogens is 1. The number of aryl methyl sites for hydroxylation is 1. The van der Waals surface area contributed by atoms with Crippen molar-refractivity contribution in [1.82, 2.24) is 19.7 Å². The number of benzene rings is 1. The van der Waals surface area contributed by atoms with Gasteiger partial charge in [-0.15, -0.1) is 0 Å². The highest BCUT2D eigenvalue weighted by Gasteiger charge is 2.14. The van der Waals surface area contributed by atoms with E-state index < -0.39 is 5.76 Å². The predicted octanol–water partition coefficient (Wildman–Crippen LogP) is 2.58. The van der Waals surface area contributed by atoms with Crippen molar-refractivity contribution in [3.8, 4) is 11.6 Å². The fourth-order valence-electron chi connectivity index (χ4n) is 2.13. The molecule has 0 spiro atoms. The molecule has 7 heteroatoms. The van der Waals surface area contributed by atoms with Crippen LogP contribution in [0.4, 0.5) is 0 Å². The van der Waals surface area contributed by atoms with Crippen LogP contribution in [0.5, 0.6) is 0 Å². The molecule has 0 atom stereocenters. The lowest BCUT2D eigenvalue weighted by atomic mass is 10.1. The Morgan fingerprint density at radius 1 is 1.14 bits per heavy atom. The molecule has 112 valence electrons. The van der Waals surface area contributed by atoms with Gasteiger partial charge in [-0.2, -0.15) is 0 Å². The highest BCUT2D eigenvalue weighted by molar-refractivity contribution is 6.30. The van der Waals surface area contributed by atoms with E-state index in [2.05, 4.69) is 15.1 Å². The molecule has 0 bridgehead atoms. The monoisotopic (exact) mass is 316 g/mol. The maximum absolute atomic E-state index is 11.8. The van der Waals surface area contributed by atoms with Crippen molar-refractivity contribution in [3.05, 3.63) is 63.9 Å². The zero-order chi connectivity index (χ0) is 15.4. The van der Waals surface area contributed by atoms with E-state index in [1.807, 2.05) is 24.3 Å². The van der Waals surface area contributed by atoms with Gasteiger partial charge in [-0.05, 0) is 36.6 Å². The number of hydrogen-bond donors (Lipinski definition) is 0. The molecule has 3 rings (SSSR count). The largest absolute Gasteiger partial charge is 0.441 e. The van der Waals surface area contributed by atoms with Crippen LogP contribution in [0, 0.1) is 0 Å². The first-order valence-electron chi connectivity index (χ1n) is 6.82. The lowest BCUT2D eigenvalue weighted by Crippen LogP contribution is -2.16. The Kier molecular flexibility index (Phi) is 4.29. The maximum Gasteiger partial charge on any atom is 0.441 e. The van der Waals surface area contributed by atoms with Crippen LogP contribution < -0.4 is 5.76 Å². The van der Waals surface area contributed by atoms with Crippen LogP contribution in [0.3, 0.4) is 0 Å². The van der Waals surface area contributed by atoms with Gasteiger partial charge in [0.2, 0.25) is 5.82 Å². The van der Waals surface area contributed by atoms with Crippen LogP contribution >= 0.6 is 11.6 Å². The molecule has 0 saturated carbocycles. The van der Waals surface area contributed by atoms with E-state index in [-0.39, 0.29) is 0 Å². The molecule has 2 heterocycles. The number of aromatic nitrogens is 4. The van der Waals surface area contributed by atoms with Gasteiger partial charge in [0.05, 0.1) is 0 Å². The van der Waals surface area contributed by atoms with Crippen LogP contribution in [0.25, 0.3) is 11.6 Å². The van der Waals surface area contributed by atoms with Crippen molar-refractivity contribution < 1.29 is 4.52 Å². The Bertz CT molecular complexity index is 796. The highest BCUT2D eigenvalue weighted by Crippen LogP contribution is 2.13. The van der Waals surface area contributed by atoms with Crippen LogP contribution in [0.2, 0.25) is 5.02 Å². The van der Waals surface area contributed by atoms with E-state index >= 15 is 0 Å². The Morgan fingerprint density at radius 3 is 2.59 bits per heavy atom. The summed E-state index contributed by atoms with van der Waals surface area (Å²) in [4.78, 5) is 19.9. The fourth-order valence-corrected chi connectivity index (χ4v) is 2.26. The Morgan fingerprint density at radius 2 is 1.86 bits per heavy atom. The number of hydrogen-bond acceptors (Lipinski definition) is 5. The molecule has 6 nitrogen and oxygen atoms in total. The first-order valence-corrected chi connectivity index (χ1v) is 7.20. The summed E-state index contributed by atoms with van der Waals surface area (Å²) in [5.74, 6) is 0.222. The minimum absolute atomic E-state index is 0.349. The van der Waals surface area contributed by atoms with Crippen molar-refractivity contribution in [2.45, 2.75) is 19.4 Å². The summed E-state index contributed by atoms with van der Waals surface area (Å²) >= 11 is 5.86. The fraction of sp³-hybridized carbons (Fsp3) is 0.200. The molecule has 0 aliphatic rings. The summed E-state index contributed by atoms with van der Waals surface area (Å²) in [5, 5.41) is 4.47. The molecule has 0 aliphatic carbocycles. The zero-order valence-electron chi connectivity index (χ0n) is 11.6. The van der Waals surface area contributed by atoms with E-state index in [0.29, 0.717) is 23.2 Å². The Hall–Kier alpha value is -2.47. The van der Waals surface area contributed by atoms with E-state index in [1.165, 1.54) is 4.57 Å². The molecule has 2 aromatic heterocycles. The second-order valence-corrected chi connectivity index (χ2v) is 5.16. The third kappa shape index (κ3) is 3.23. The van der Waals surface area contributed by atoms with Crippen LogP contribution in [0.1, 0.15) is 12.0 Å². The van der Waals surface area contributed by atoms with E-state index in [9.17, 15) is 4.79 Å². The van der Waals surface area contributed by atoms with Gasteiger partial charge in [0.1, 0.15) is 0 Å². The van der Waals surface area contributed by atoms with Crippen LogP contribution in [-0.4, -0.2) is 19.7 Å². The van der Waals surface area contributed by atoms with Crippen LogP contribution in [0.15, 0.2) is 52.0 Å². The molecule has 3 aromatic rings. The topological polar surface area (TPSA) is 73.8 Å². The van der Waals surface area contributed by atoms with E-state index in [1.54, 1.807) is 18.5 Å². The Balaban J connectivity index is 1.72. The summed E-state index contributed by atoms with van der Waals surface area (Å²) in [6.45, 7) is 0.485. The number of rotatable bonds is 5. The van der Waals surface area contributed by atoms with Gasteiger partial charge in [0, 0.05) is 24.0 Å². The summed E-state index contributed by atoms with van der Waals surface area (Å²) in [6.07, 6.45) is 4.78. The van der Waals surface area contributed by atoms with Gasteiger partial charge in [-0.25, -0.2) is 14.8 Å². The van der Waals surface area contributed by atoms with Crippen molar-refractivity contribution in [3.63, 3.8) is 0 Å². The molecule has 0 aliphatic heterocycles. The standard InChI is InChI=1S/C15H13ClN4O2/c16-12-6-4-11(5-7-12)3-1-10-20-14(19-22-15(20)21)13-17-8-2-9-18-13/h2,4-9H,1,3,10H2. The third-order valence-corrected chi connectivity index (χ3v) is 3.46. The summed E-state index contributed by atoms with van der Waals surface area (Å²) in [7, 11) is 0. The first-order chi connectivity index (χ1) is 10.7. The molecule has 0 N–H and O–H groups in total. The minimum Gasteiger partial charge on any atom is -0.295 e. The van der Waals surface area contributed by atoms with Crippen LogP contribution in [-0.2, 0) is 13.0 Å². The lowest BCUT2D eigenvalue weighted by molar-refractivity contribution is 0.374. The molecule has 0 unspecified atom stereocenters. The van der Waals surface area contributed by atoms with Crippen molar-refractivity contribution >= 4 is 11.6 Å². The SMILES string of the molecule is O=c1onc(-c2ncccn2)n1CCCc1ccc(Cl)cc1. The lowest BCUT2D eigenvalue weighted by Gasteiger charge is -2.04. The molecule has 0 amide bonds. The predicted molar refractivity (Wildman–Crippen MR) is 81.6 cm³/mol. The Labute approximate surface area is 131 Å². The first kappa shape index (κ1) is 14.5. The zero-order valence-corrected chi connectivity index (χ0v) is 12.4. The van der Waals surface area contributed by atoms with Crippen molar-refractivity contribution in [1.29, 1.82) is 0 Å². The average Bonchev–Trinajstić information content (AvgIpc) is 2.91. The van der Waals surface area contributed by atoms with E-state index in [4.69, 9.17) is 16.1 Å². The molecule has 0 fully saturated rings. The molecular formula is C15H13ClN4O2. The molecule has 1 aromatic carbocycles. The van der Waals surface area contributed by atoms with Gasteiger partial charge in [-0.1, -0.05) is 28.9 Å². The van der Waals surface area contributed by atoms with Gasteiger partial charge in [-0.3, -0.25) is 9.09 Å². The van der Waals surface area contributed by atoms with Gasteiger partial charge >= 0.3 is 5.76 Å². The summed E-state index contributed by atoms with van der Waals surface area (Å²) < 4.78 is 6.18. The normalized spacial score (nSPS) is 10.8. The molecule has 0 saturated heterocycles. The quantitative estimate of drug-likeness (QED) is 0.723. The summed E-state index contributed by atoms with van der Waals surface area (Å²) in [5.41, 5.74) is 1.16. The van der Waals surface area contributed by atoms with E-state index in [0.717, 1.165) is 18.4 Å². The van der Waals surface area contributed by atoms with Gasteiger partial charge < -0.3 is 0 Å². The molecule has 0 radical (unpaired) electrons. The van der Waals surface area contributed by atoms with Crippen molar-refractivity contribution in [2.24, 2.45) is 0 Å². The third-order valence-electron chi connectivity index (χ3n) is 3.21. The summed E-state index contributed by atoms with van der Waals surface area (Å²) in [6, 6.07) is 9.35. The second-order valence-electron chi connectivity index (χ2n) is 4.73. The minimum atomic E-state index is -0.501. The highest BCUT2D eigenvalue weighted by atomic mass is 35.5. The second kappa shape index (κ2) is 6.53. The van der Waals surface area contributed by atoms with Gasteiger partial charge in [0.15, 0.2) is 5.82 Å². The van der Waals surface area contributed by atoms with Crippen molar-refractivity contribution in [2.75, 3.05) is 0 Å². The average molecular weight is 317 g/mol. The van der Waals surface area contributed by atoms with Gasteiger partial charge in [0.25, 0.3) is 0 Å². The maximum atomic E-state index is 11.8. The molecular weight excluding hydrogens is 304 g/mol. The molecule has 22 heavy (non-hydrogen) atoms.